The van der Waals surface area contributed by atoms with Crippen LogP contribution in [-0.4, -0.2) is 5.60 Å². The molecule has 1 aliphatic rings. The van der Waals surface area contributed by atoms with Crippen LogP contribution >= 0.6 is 0 Å². The van der Waals surface area contributed by atoms with Crippen molar-refractivity contribution >= 4 is 0 Å². The van der Waals surface area contributed by atoms with Crippen LogP contribution in [0.4, 0.5) is 0 Å². The molecule has 1 aromatic rings. The molecule has 0 amide bonds. The van der Waals surface area contributed by atoms with Crippen molar-refractivity contribution < 1.29 is 4.74 Å². The van der Waals surface area contributed by atoms with Crippen LogP contribution in [0.3, 0.4) is 0 Å². The lowest BCUT2D eigenvalue weighted by Gasteiger charge is -2.42. The third kappa shape index (κ3) is 1.80. The van der Waals surface area contributed by atoms with Gasteiger partial charge >= 0.3 is 0 Å². The van der Waals surface area contributed by atoms with Gasteiger partial charge in [-0.3, -0.25) is 0 Å². The van der Waals surface area contributed by atoms with Crippen molar-refractivity contribution in [2.24, 2.45) is 0 Å². The summed E-state index contributed by atoms with van der Waals surface area (Å²) in [5.74, 6) is 3.65. The molecule has 1 heterocycles. The molecule has 84 valence electrons. The van der Waals surface area contributed by atoms with Gasteiger partial charge in [0.25, 0.3) is 0 Å². The Hall–Kier alpha value is -1.42. The van der Waals surface area contributed by atoms with Crippen LogP contribution in [0.25, 0.3) is 0 Å². The van der Waals surface area contributed by atoms with E-state index in [9.17, 15) is 0 Å². The van der Waals surface area contributed by atoms with E-state index in [-0.39, 0.29) is 11.0 Å². The Labute approximate surface area is 97.8 Å². The van der Waals surface area contributed by atoms with Crippen molar-refractivity contribution in [2.45, 2.75) is 45.1 Å². The third-order valence-electron chi connectivity index (χ3n) is 3.13. The number of terminal acetylenes is 1. The highest BCUT2D eigenvalue weighted by atomic mass is 16.5. The van der Waals surface area contributed by atoms with E-state index in [4.69, 9.17) is 11.2 Å². The highest BCUT2D eigenvalue weighted by Crippen LogP contribution is 2.44. The van der Waals surface area contributed by atoms with Gasteiger partial charge in [-0.15, -0.1) is 6.42 Å². The lowest BCUT2D eigenvalue weighted by Crippen LogP contribution is -2.41. The summed E-state index contributed by atoms with van der Waals surface area (Å²) in [6.45, 7) is 8.76. The minimum Gasteiger partial charge on any atom is -0.488 e. The Morgan fingerprint density at radius 2 is 1.94 bits per heavy atom. The highest BCUT2D eigenvalue weighted by Gasteiger charge is 2.38. The summed E-state index contributed by atoms with van der Waals surface area (Å²) in [4.78, 5) is 0. The normalized spacial score (nSPS) is 20.4. The molecular formula is C15H18O. The average molecular weight is 214 g/mol. The minimum atomic E-state index is -0.103. The quantitative estimate of drug-likeness (QED) is 0.600. The van der Waals surface area contributed by atoms with E-state index in [2.05, 4.69) is 39.7 Å². The van der Waals surface area contributed by atoms with Gasteiger partial charge in [0.05, 0.1) is 0 Å². The molecule has 0 aliphatic carbocycles. The molecule has 1 nitrogen and oxygen atoms in total. The fourth-order valence-corrected chi connectivity index (χ4v) is 2.73. The van der Waals surface area contributed by atoms with Crippen molar-refractivity contribution in [1.29, 1.82) is 0 Å². The van der Waals surface area contributed by atoms with E-state index < -0.39 is 0 Å². The summed E-state index contributed by atoms with van der Waals surface area (Å²) in [5.41, 5.74) is 2.16. The molecule has 0 aromatic heterocycles. The number of fused-ring (bicyclic) bond motifs is 1. The van der Waals surface area contributed by atoms with Gasteiger partial charge in [0.2, 0.25) is 0 Å². The first-order valence-corrected chi connectivity index (χ1v) is 5.64. The van der Waals surface area contributed by atoms with Crippen molar-refractivity contribution in [3.63, 3.8) is 0 Å². The number of hydrogen-bond acceptors (Lipinski definition) is 1. The van der Waals surface area contributed by atoms with E-state index in [0.717, 1.165) is 17.7 Å². The standard InChI is InChI=1S/C15H18O/c1-6-11-7-8-13-12(9-11)14(2,3)10-15(4,5)16-13/h1,7-9H,10H2,2-5H3. The summed E-state index contributed by atoms with van der Waals surface area (Å²) in [7, 11) is 0. The van der Waals surface area contributed by atoms with Crippen molar-refractivity contribution in [2.75, 3.05) is 0 Å². The van der Waals surface area contributed by atoms with E-state index in [0.29, 0.717) is 0 Å². The smallest absolute Gasteiger partial charge is 0.123 e. The number of rotatable bonds is 0. The van der Waals surface area contributed by atoms with E-state index in [1.54, 1.807) is 0 Å². The van der Waals surface area contributed by atoms with Gasteiger partial charge in [-0.1, -0.05) is 19.8 Å². The molecule has 0 unspecified atom stereocenters. The highest BCUT2D eigenvalue weighted by molar-refractivity contribution is 5.48. The Balaban J connectivity index is 2.57. The van der Waals surface area contributed by atoms with Crippen LogP contribution in [0, 0.1) is 12.3 Å². The molecule has 0 saturated carbocycles. The van der Waals surface area contributed by atoms with Crippen LogP contribution in [0.5, 0.6) is 5.75 Å². The number of hydrogen-bond donors (Lipinski definition) is 0. The molecule has 1 aliphatic heterocycles. The Morgan fingerprint density at radius 3 is 2.56 bits per heavy atom. The van der Waals surface area contributed by atoms with Gasteiger partial charge in [0.1, 0.15) is 11.4 Å². The fraction of sp³-hybridized carbons (Fsp3) is 0.467. The van der Waals surface area contributed by atoms with E-state index in [1.165, 1.54) is 5.56 Å². The molecule has 0 radical (unpaired) electrons. The second kappa shape index (κ2) is 3.28. The molecule has 0 saturated heterocycles. The molecular weight excluding hydrogens is 196 g/mol. The zero-order valence-electron chi connectivity index (χ0n) is 10.4. The maximum Gasteiger partial charge on any atom is 0.123 e. The molecule has 2 rings (SSSR count). The lowest BCUT2D eigenvalue weighted by atomic mass is 9.73. The van der Waals surface area contributed by atoms with Crippen molar-refractivity contribution in [1.82, 2.24) is 0 Å². The zero-order valence-corrected chi connectivity index (χ0v) is 10.4. The molecule has 1 heteroatoms. The van der Waals surface area contributed by atoms with E-state index in [1.807, 2.05) is 12.1 Å². The predicted molar refractivity (Wildman–Crippen MR) is 66.7 cm³/mol. The van der Waals surface area contributed by atoms with Crippen molar-refractivity contribution in [3.8, 4) is 18.1 Å². The van der Waals surface area contributed by atoms with Crippen LogP contribution in [0.2, 0.25) is 0 Å². The maximum atomic E-state index is 5.99. The van der Waals surface area contributed by atoms with Crippen LogP contribution in [-0.2, 0) is 5.41 Å². The number of benzene rings is 1. The Morgan fingerprint density at radius 1 is 1.25 bits per heavy atom. The van der Waals surface area contributed by atoms with Gasteiger partial charge in [0.15, 0.2) is 0 Å². The number of ether oxygens (including phenoxy) is 1. The molecule has 16 heavy (non-hydrogen) atoms. The first-order chi connectivity index (χ1) is 7.34. The summed E-state index contributed by atoms with van der Waals surface area (Å²) in [6.07, 6.45) is 6.44. The van der Waals surface area contributed by atoms with E-state index >= 15 is 0 Å². The SMILES string of the molecule is C#Cc1ccc2c(c1)C(C)(C)CC(C)(C)O2. The third-order valence-corrected chi connectivity index (χ3v) is 3.13. The molecule has 0 fully saturated rings. The topological polar surface area (TPSA) is 9.23 Å². The second-order valence-corrected chi connectivity index (χ2v) is 5.78. The summed E-state index contributed by atoms with van der Waals surface area (Å²) < 4.78 is 5.99. The summed E-state index contributed by atoms with van der Waals surface area (Å²) >= 11 is 0. The van der Waals surface area contributed by atoms with Gasteiger partial charge in [-0.2, -0.15) is 0 Å². The zero-order chi connectivity index (χ0) is 12.0. The van der Waals surface area contributed by atoms with Gasteiger partial charge in [-0.25, -0.2) is 0 Å². The van der Waals surface area contributed by atoms with Crippen LogP contribution < -0.4 is 4.74 Å². The fourth-order valence-electron chi connectivity index (χ4n) is 2.73. The predicted octanol–water partition coefficient (Wildman–Crippen LogP) is 3.51. The maximum absolute atomic E-state index is 5.99. The lowest BCUT2D eigenvalue weighted by molar-refractivity contribution is 0.0534. The van der Waals surface area contributed by atoms with Crippen LogP contribution in [0.1, 0.15) is 45.2 Å². The molecule has 0 spiro atoms. The monoisotopic (exact) mass is 214 g/mol. The summed E-state index contributed by atoms with van der Waals surface area (Å²) in [5, 5.41) is 0. The Kier molecular flexibility index (Phi) is 2.27. The van der Waals surface area contributed by atoms with Crippen LogP contribution in [0.15, 0.2) is 18.2 Å². The molecule has 0 atom stereocenters. The molecule has 1 aromatic carbocycles. The summed E-state index contributed by atoms with van der Waals surface area (Å²) in [6, 6.07) is 6.01. The Bertz CT molecular complexity index is 461. The van der Waals surface area contributed by atoms with Gasteiger partial charge < -0.3 is 4.74 Å². The molecule has 0 bridgehead atoms. The van der Waals surface area contributed by atoms with Gasteiger partial charge in [-0.05, 0) is 43.9 Å². The van der Waals surface area contributed by atoms with Gasteiger partial charge in [0, 0.05) is 11.1 Å². The molecule has 0 N–H and O–H groups in total. The first kappa shape index (κ1) is 11.1. The minimum absolute atomic E-state index is 0.103. The first-order valence-electron chi connectivity index (χ1n) is 5.64. The van der Waals surface area contributed by atoms with Crippen molar-refractivity contribution in [3.05, 3.63) is 29.3 Å². The largest absolute Gasteiger partial charge is 0.488 e. The average Bonchev–Trinajstić information content (AvgIpc) is 2.14. The second-order valence-electron chi connectivity index (χ2n) is 5.78.